The van der Waals surface area contributed by atoms with Crippen molar-refractivity contribution in [3.05, 3.63) is 41.5 Å². The van der Waals surface area contributed by atoms with E-state index < -0.39 is 11.7 Å². The van der Waals surface area contributed by atoms with Gasteiger partial charge in [-0.2, -0.15) is 13.2 Å². The molecule has 0 amide bonds. The number of hydrogen-bond acceptors (Lipinski definition) is 1. The van der Waals surface area contributed by atoms with Gasteiger partial charge in [-0.3, -0.25) is 0 Å². The van der Waals surface area contributed by atoms with Crippen LogP contribution < -0.4 is 0 Å². The highest BCUT2D eigenvalue weighted by Crippen LogP contribution is 2.36. The van der Waals surface area contributed by atoms with Gasteiger partial charge in [0.25, 0.3) is 0 Å². The zero-order valence-corrected chi connectivity index (χ0v) is 12.4. The average molecular weight is 306 g/mol. The van der Waals surface area contributed by atoms with Gasteiger partial charge in [0.2, 0.25) is 0 Å². The highest BCUT2D eigenvalue weighted by atomic mass is 35.5. The first-order chi connectivity index (χ1) is 8.88. The Morgan fingerprint density at radius 3 is 2.25 bits per heavy atom. The Balaban J connectivity index is 0.00000200. The molecule has 0 saturated heterocycles. The molecule has 1 nitrogen and oxygen atoms in total. The summed E-state index contributed by atoms with van der Waals surface area (Å²) in [5.74, 6) is 0.423. The van der Waals surface area contributed by atoms with Crippen molar-refractivity contribution < 1.29 is 13.2 Å². The van der Waals surface area contributed by atoms with Gasteiger partial charge in [-0.05, 0) is 56.1 Å². The predicted molar refractivity (Wildman–Crippen MR) is 77.9 cm³/mol. The van der Waals surface area contributed by atoms with Crippen molar-refractivity contribution in [2.24, 2.45) is 5.92 Å². The van der Waals surface area contributed by atoms with E-state index in [0.29, 0.717) is 5.92 Å². The van der Waals surface area contributed by atoms with Gasteiger partial charge in [-0.25, -0.2) is 0 Å². The van der Waals surface area contributed by atoms with Crippen LogP contribution in [0.1, 0.15) is 24.0 Å². The molecule has 5 heteroatoms. The molecule has 0 radical (unpaired) electrons. The standard InChI is InChI=1S/C15H18F3N.ClH/c1-19(2)10-12-4-3-5-14(12)11-6-8-13(9-7-11)15(16,17)18;/h5-9,12H,3-4,10H2,1-2H3;1H/t12-;/m0./s1. The van der Waals surface area contributed by atoms with Crippen LogP contribution in [0.15, 0.2) is 30.3 Å². The molecule has 112 valence electrons. The van der Waals surface area contributed by atoms with E-state index in [1.165, 1.54) is 17.7 Å². The number of halogens is 4. The summed E-state index contributed by atoms with van der Waals surface area (Å²) < 4.78 is 37.6. The van der Waals surface area contributed by atoms with Gasteiger partial charge >= 0.3 is 6.18 Å². The third-order valence-electron chi connectivity index (χ3n) is 3.45. The second-order valence-corrected chi connectivity index (χ2v) is 5.27. The summed E-state index contributed by atoms with van der Waals surface area (Å²) in [5.41, 5.74) is 1.51. The fraction of sp³-hybridized carbons (Fsp3) is 0.467. The zero-order valence-electron chi connectivity index (χ0n) is 11.6. The largest absolute Gasteiger partial charge is 0.416 e. The van der Waals surface area contributed by atoms with Crippen molar-refractivity contribution >= 4 is 18.0 Å². The van der Waals surface area contributed by atoms with Gasteiger partial charge in [0.05, 0.1) is 5.56 Å². The van der Waals surface area contributed by atoms with Crippen molar-refractivity contribution in [1.82, 2.24) is 4.90 Å². The molecule has 2 rings (SSSR count). The van der Waals surface area contributed by atoms with Crippen molar-refractivity contribution in [3.8, 4) is 0 Å². The van der Waals surface area contributed by atoms with Gasteiger partial charge in [0.1, 0.15) is 0 Å². The molecule has 0 aromatic heterocycles. The Hall–Kier alpha value is -1.00. The molecule has 1 aromatic rings. The molecule has 0 bridgehead atoms. The van der Waals surface area contributed by atoms with Gasteiger partial charge in [-0.15, -0.1) is 12.4 Å². The van der Waals surface area contributed by atoms with Crippen LogP contribution in [0.4, 0.5) is 13.2 Å². The summed E-state index contributed by atoms with van der Waals surface area (Å²) in [5, 5.41) is 0. The molecule has 0 spiro atoms. The number of alkyl halides is 3. The minimum absolute atomic E-state index is 0. The van der Waals surface area contributed by atoms with E-state index >= 15 is 0 Å². The maximum absolute atomic E-state index is 12.5. The molecule has 1 aromatic carbocycles. The molecule has 1 aliphatic rings. The lowest BCUT2D eigenvalue weighted by molar-refractivity contribution is -0.137. The Bertz CT molecular complexity index is 463. The summed E-state index contributed by atoms with van der Waals surface area (Å²) in [6.07, 6.45) is -0.0220. The van der Waals surface area contributed by atoms with Crippen LogP contribution in [0.3, 0.4) is 0 Å². The molecular weight excluding hydrogens is 287 g/mol. The molecule has 0 N–H and O–H groups in total. The van der Waals surface area contributed by atoms with Crippen LogP contribution in [0.2, 0.25) is 0 Å². The van der Waals surface area contributed by atoms with E-state index in [0.717, 1.165) is 24.9 Å². The fourth-order valence-corrected chi connectivity index (χ4v) is 2.60. The van der Waals surface area contributed by atoms with E-state index in [1.807, 2.05) is 14.1 Å². The molecule has 0 fully saturated rings. The number of rotatable bonds is 3. The number of allylic oxidation sites excluding steroid dienone is 1. The fourth-order valence-electron chi connectivity index (χ4n) is 2.60. The van der Waals surface area contributed by atoms with E-state index in [1.54, 1.807) is 12.1 Å². The summed E-state index contributed by atoms with van der Waals surface area (Å²) in [6, 6.07) is 5.51. The third kappa shape index (κ3) is 4.00. The zero-order chi connectivity index (χ0) is 14.0. The quantitative estimate of drug-likeness (QED) is 0.795. The summed E-state index contributed by atoms with van der Waals surface area (Å²) in [4.78, 5) is 2.12. The molecule has 0 unspecified atom stereocenters. The summed E-state index contributed by atoms with van der Waals surface area (Å²) >= 11 is 0. The topological polar surface area (TPSA) is 3.24 Å². The van der Waals surface area contributed by atoms with Crippen LogP contribution in [-0.2, 0) is 6.18 Å². The van der Waals surface area contributed by atoms with Crippen molar-refractivity contribution in [1.29, 1.82) is 0 Å². The molecule has 0 aliphatic heterocycles. The lowest BCUT2D eigenvalue weighted by Crippen LogP contribution is -2.21. The van der Waals surface area contributed by atoms with Crippen molar-refractivity contribution in [3.63, 3.8) is 0 Å². The molecular formula is C15H19ClF3N. The van der Waals surface area contributed by atoms with E-state index in [-0.39, 0.29) is 12.4 Å². The lowest BCUT2D eigenvalue weighted by Gasteiger charge is -2.20. The highest BCUT2D eigenvalue weighted by molar-refractivity contribution is 5.85. The van der Waals surface area contributed by atoms with Gasteiger partial charge < -0.3 is 4.90 Å². The van der Waals surface area contributed by atoms with E-state index in [2.05, 4.69) is 11.0 Å². The Morgan fingerprint density at radius 1 is 1.15 bits per heavy atom. The van der Waals surface area contributed by atoms with Crippen LogP contribution in [-0.4, -0.2) is 25.5 Å². The predicted octanol–water partition coefficient (Wildman–Crippen LogP) is 4.48. The summed E-state index contributed by atoms with van der Waals surface area (Å²) in [7, 11) is 4.03. The second kappa shape index (κ2) is 6.64. The third-order valence-corrected chi connectivity index (χ3v) is 3.45. The molecule has 0 heterocycles. The average Bonchev–Trinajstić information content (AvgIpc) is 2.75. The van der Waals surface area contributed by atoms with Gasteiger partial charge in [0.15, 0.2) is 0 Å². The van der Waals surface area contributed by atoms with E-state index in [9.17, 15) is 13.2 Å². The van der Waals surface area contributed by atoms with Crippen molar-refractivity contribution in [2.45, 2.75) is 19.0 Å². The minimum Gasteiger partial charge on any atom is -0.309 e. The smallest absolute Gasteiger partial charge is 0.309 e. The normalized spacial score (nSPS) is 18.9. The molecule has 1 atom stereocenters. The number of benzene rings is 1. The summed E-state index contributed by atoms with van der Waals surface area (Å²) in [6.45, 7) is 0.937. The minimum atomic E-state index is -4.26. The van der Waals surface area contributed by atoms with Crippen molar-refractivity contribution in [2.75, 3.05) is 20.6 Å². The monoisotopic (exact) mass is 305 g/mol. The van der Waals surface area contributed by atoms with Gasteiger partial charge in [-0.1, -0.05) is 18.2 Å². The van der Waals surface area contributed by atoms with Crippen LogP contribution in [0.25, 0.3) is 5.57 Å². The van der Waals surface area contributed by atoms with Crippen LogP contribution in [0, 0.1) is 5.92 Å². The first kappa shape index (κ1) is 17.1. The highest BCUT2D eigenvalue weighted by Gasteiger charge is 2.30. The molecule has 20 heavy (non-hydrogen) atoms. The first-order valence-electron chi connectivity index (χ1n) is 6.40. The molecule has 1 aliphatic carbocycles. The number of nitrogens with zero attached hydrogens (tertiary/aromatic N) is 1. The Labute approximate surface area is 123 Å². The molecule has 0 saturated carbocycles. The van der Waals surface area contributed by atoms with Crippen LogP contribution >= 0.6 is 12.4 Å². The Kier molecular flexibility index (Phi) is 5.66. The number of hydrogen-bond donors (Lipinski definition) is 0. The Morgan fingerprint density at radius 2 is 1.75 bits per heavy atom. The maximum atomic E-state index is 12.5. The second-order valence-electron chi connectivity index (χ2n) is 5.27. The SMILES string of the molecule is CN(C)C[C@@H]1CCC=C1c1ccc(C(F)(F)F)cc1.Cl. The van der Waals surface area contributed by atoms with Crippen LogP contribution in [0.5, 0.6) is 0 Å². The lowest BCUT2D eigenvalue weighted by atomic mass is 9.94. The van der Waals surface area contributed by atoms with Gasteiger partial charge in [0, 0.05) is 6.54 Å². The maximum Gasteiger partial charge on any atom is 0.416 e. The van der Waals surface area contributed by atoms with E-state index in [4.69, 9.17) is 0 Å². The first-order valence-corrected chi connectivity index (χ1v) is 6.40.